The smallest absolute Gasteiger partial charge is 0.343 e. The van der Waals surface area contributed by atoms with Gasteiger partial charge in [-0.25, -0.2) is 4.79 Å². The number of anilines is 1. The molecule has 23 heavy (non-hydrogen) atoms. The standard InChI is InChI=1S/C18H14N2O3/c19-12-13-3-1-4-16(11-13)23-18(22)14-6-8-15(9-7-14)20-10-2-5-17(20)21/h1,3-4,6-9,11H,2,5,10H2. The van der Waals surface area contributed by atoms with Gasteiger partial charge >= 0.3 is 5.97 Å². The number of nitrogens with zero attached hydrogens (tertiary/aromatic N) is 2. The Kier molecular flexibility index (Phi) is 4.07. The van der Waals surface area contributed by atoms with Crippen LogP contribution in [0.1, 0.15) is 28.8 Å². The van der Waals surface area contributed by atoms with Gasteiger partial charge in [0.25, 0.3) is 0 Å². The summed E-state index contributed by atoms with van der Waals surface area (Å²) in [5.41, 5.74) is 1.61. The fourth-order valence-electron chi connectivity index (χ4n) is 2.49. The van der Waals surface area contributed by atoms with Crippen molar-refractivity contribution in [2.45, 2.75) is 12.8 Å². The zero-order chi connectivity index (χ0) is 16.2. The van der Waals surface area contributed by atoms with Gasteiger partial charge in [-0.15, -0.1) is 0 Å². The molecule has 1 aliphatic rings. The fourth-order valence-corrected chi connectivity index (χ4v) is 2.49. The van der Waals surface area contributed by atoms with Crippen molar-refractivity contribution in [2.24, 2.45) is 0 Å². The summed E-state index contributed by atoms with van der Waals surface area (Å²) in [5.74, 6) is -0.0686. The molecule has 5 heteroatoms. The van der Waals surface area contributed by atoms with E-state index in [-0.39, 0.29) is 5.91 Å². The predicted molar refractivity (Wildman–Crippen MR) is 84.1 cm³/mol. The van der Waals surface area contributed by atoms with E-state index in [0.29, 0.717) is 29.8 Å². The third kappa shape index (κ3) is 3.22. The maximum absolute atomic E-state index is 12.1. The maximum Gasteiger partial charge on any atom is 0.343 e. The highest BCUT2D eigenvalue weighted by Crippen LogP contribution is 2.22. The molecule has 0 spiro atoms. The first-order chi connectivity index (χ1) is 11.2. The average Bonchev–Trinajstić information content (AvgIpc) is 3.01. The minimum absolute atomic E-state index is 0.105. The second-order valence-corrected chi connectivity index (χ2v) is 5.22. The van der Waals surface area contributed by atoms with E-state index in [4.69, 9.17) is 10.00 Å². The molecule has 2 aromatic carbocycles. The van der Waals surface area contributed by atoms with Gasteiger partial charge in [0.05, 0.1) is 17.2 Å². The molecule has 0 bridgehead atoms. The van der Waals surface area contributed by atoms with E-state index in [1.807, 2.05) is 6.07 Å². The molecule has 1 amide bonds. The molecule has 1 fully saturated rings. The fraction of sp³-hybridized carbons (Fsp3) is 0.167. The van der Waals surface area contributed by atoms with Crippen molar-refractivity contribution in [3.8, 4) is 11.8 Å². The minimum atomic E-state index is -0.501. The normalized spacial score (nSPS) is 13.7. The van der Waals surface area contributed by atoms with Gasteiger partial charge in [-0.05, 0) is 48.9 Å². The zero-order valence-electron chi connectivity index (χ0n) is 12.4. The minimum Gasteiger partial charge on any atom is -0.423 e. The van der Waals surface area contributed by atoms with Gasteiger partial charge in [0.15, 0.2) is 0 Å². The monoisotopic (exact) mass is 306 g/mol. The molecule has 114 valence electrons. The van der Waals surface area contributed by atoms with Gasteiger partial charge in [0.1, 0.15) is 5.75 Å². The molecular formula is C18H14N2O3. The summed E-state index contributed by atoms with van der Waals surface area (Å²) in [6.07, 6.45) is 1.43. The lowest BCUT2D eigenvalue weighted by Crippen LogP contribution is -2.23. The summed E-state index contributed by atoms with van der Waals surface area (Å²) < 4.78 is 5.26. The molecule has 0 radical (unpaired) electrons. The molecule has 0 atom stereocenters. The van der Waals surface area contributed by atoms with Crippen LogP contribution in [0.5, 0.6) is 5.75 Å². The summed E-state index contributed by atoms with van der Waals surface area (Å²) >= 11 is 0. The number of ether oxygens (including phenoxy) is 1. The second kappa shape index (κ2) is 6.32. The van der Waals surface area contributed by atoms with Crippen LogP contribution >= 0.6 is 0 Å². The first-order valence-electron chi connectivity index (χ1n) is 7.30. The molecule has 2 aromatic rings. The highest BCUT2D eigenvalue weighted by Gasteiger charge is 2.21. The molecule has 1 saturated heterocycles. The van der Waals surface area contributed by atoms with Crippen LogP contribution in [-0.2, 0) is 4.79 Å². The van der Waals surface area contributed by atoms with Gasteiger partial charge in [-0.1, -0.05) is 6.07 Å². The summed E-state index contributed by atoms with van der Waals surface area (Å²) in [5, 5.41) is 8.85. The Hall–Kier alpha value is -3.13. The summed E-state index contributed by atoms with van der Waals surface area (Å²) in [6, 6.07) is 15.2. The number of carbonyl (C=O) groups excluding carboxylic acids is 2. The molecule has 3 rings (SSSR count). The Labute approximate surface area is 133 Å². The Bertz CT molecular complexity index is 791. The quantitative estimate of drug-likeness (QED) is 0.646. The molecule has 0 aliphatic carbocycles. The Morgan fingerprint density at radius 1 is 1.17 bits per heavy atom. The zero-order valence-corrected chi connectivity index (χ0v) is 12.4. The Balaban J connectivity index is 1.72. The SMILES string of the molecule is N#Cc1cccc(OC(=O)c2ccc(N3CCCC3=O)cc2)c1. The topological polar surface area (TPSA) is 70.4 Å². The lowest BCUT2D eigenvalue weighted by atomic mass is 10.2. The van der Waals surface area contributed by atoms with Crippen LogP contribution < -0.4 is 9.64 Å². The number of hydrogen-bond acceptors (Lipinski definition) is 4. The van der Waals surface area contributed by atoms with Gasteiger partial charge in [-0.2, -0.15) is 5.26 Å². The molecule has 0 unspecified atom stereocenters. The van der Waals surface area contributed by atoms with Crippen LogP contribution in [0.2, 0.25) is 0 Å². The number of esters is 1. The van der Waals surface area contributed by atoms with Crippen molar-refractivity contribution in [2.75, 3.05) is 11.4 Å². The van der Waals surface area contributed by atoms with Crippen molar-refractivity contribution in [3.63, 3.8) is 0 Å². The van der Waals surface area contributed by atoms with Crippen molar-refractivity contribution >= 4 is 17.6 Å². The average molecular weight is 306 g/mol. The lowest BCUT2D eigenvalue weighted by Gasteiger charge is -2.15. The number of hydrogen-bond donors (Lipinski definition) is 0. The van der Waals surface area contributed by atoms with Gasteiger partial charge in [0.2, 0.25) is 5.91 Å². The van der Waals surface area contributed by atoms with Gasteiger partial charge in [0, 0.05) is 18.7 Å². The summed E-state index contributed by atoms with van der Waals surface area (Å²) in [4.78, 5) is 25.5. The molecule has 1 heterocycles. The van der Waals surface area contributed by atoms with Gasteiger partial charge in [-0.3, -0.25) is 4.79 Å². The lowest BCUT2D eigenvalue weighted by molar-refractivity contribution is -0.117. The number of carbonyl (C=O) groups is 2. The highest BCUT2D eigenvalue weighted by atomic mass is 16.5. The molecular weight excluding hydrogens is 292 g/mol. The number of rotatable bonds is 3. The maximum atomic E-state index is 12.1. The third-order valence-electron chi connectivity index (χ3n) is 3.66. The van der Waals surface area contributed by atoms with Crippen molar-refractivity contribution in [3.05, 3.63) is 59.7 Å². The van der Waals surface area contributed by atoms with Crippen molar-refractivity contribution in [1.82, 2.24) is 0 Å². The van der Waals surface area contributed by atoms with Crippen LogP contribution in [0.3, 0.4) is 0 Å². The van der Waals surface area contributed by atoms with E-state index >= 15 is 0 Å². The van der Waals surface area contributed by atoms with E-state index in [1.54, 1.807) is 47.4 Å². The van der Waals surface area contributed by atoms with E-state index in [2.05, 4.69) is 0 Å². The van der Waals surface area contributed by atoms with Crippen LogP contribution in [0.15, 0.2) is 48.5 Å². The van der Waals surface area contributed by atoms with Crippen molar-refractivity contribution in [1.29, 1.82) is 5.26 Å². The molecule has 0 aromatic heterocycles. The van der Waals surface area contributed by atoms with Crippen LogP contribution in [0, 0.1) is 11.3 Å². The number of nitriles is 1. The van der Waals surface area contributed by atoms with E-state index < -0.39 is 5.97 Å². The molecule has 5 nitrogen and oxygen atoms in total. The highest BCUT2D eigenvalue weighted by molar-refractivity contribution is 5.96. The third-order valence-corrected chi connectivity index (χ3v) is 3.66. The second-order valence-electron chi connectivity index (χ2n) is 5.22. The molecule has 0 saturated carbocycles. The summed E-state index contributed by atoms with van der Waals surface area (Å²) in [6.45, 7) is 0.712. The van der Waals surface area contributed by atoms with E-state index in [9.17, 15) is 9.59 Å². The van der Waals surface area contributed by atoms with Crippen LogP contribution in [0.25, 0.3) is 0 Å². The van der Waals surface area contributed by atoms with Crippen LogP contribution in [-0.4, -0.2) is 18.4 Å². The Morgan fingerprint density at radius 3 is 2.61 bits per heavy atom. The van der Waals surface area contributed by atoms with Crippen LogP contribution in [0.4, 0.5) is 5.69 Å². The Morgan fingerprint density at radius 2 is 1.96 bits per heavy atom. The van der Waals surface area contributed by atoms with E-state index in [1.165, 1.54) is 6.07 Å². The first kappa shape index (κ1) is 14.8. The van der Waals surface area contributed by atoms with Gasteiger partial charge < -0.3 is 9.64 Å². The first-order valence-corrected chi connectivity index (χ1v) is 7.30. The predicted octanol–water partition coefficient (Wildman–Crippen LogP) is 2.90. The summed E-state index contributed by atoms with van der Waals surface area (Å²) in [7, 11) is 0. The number of benzene rings is 2. The van der Waals surface area contributed by atoms with Crippen molar-refractivity contribution < 1.29 is 14.3 Å². The number of amides is 1. The van der Waals surface area contributed by atoms with E-state index in [0.717, 1.165) is 12.1 Å². The largest absolute Gasteiger partial charge is 0.423 e. The molecule has 0 N–H and O–H groups in total. The molecule has 1 aliphatic heterocycles.